The van der Waals surface area contributed by atoms with Crippen molar-refractivity contribution in [1.29, 1.82) is 0 Å². The van der Waals surface area contributed by atoms with Gasteiger partial charge in [-0.25, -0.2) is 9.98 Å². The maximum atomic E-state index is 6.41. The Morgan fingerprint density at radius 3 is 2.52 bits per heavy atom. The van der Waals surface area contributed by atoms with Gasteiger partial charge >= 0.3 is 0 Å². The van der Waals surface area contributed by atoms with Crippen molar-refractivity contribution < 1.29 is 0 Å². The first-order valence-corrected chi connectivity index (χ1v) is 10.8. The van der Waals surface area contributed by atoms with E-state index >= 15 is 0 Å². The van der Waals surface area contributed by atoms with Gasteiger partial charge in [0.25, 0.3) is 0 Å². The number of nitrogens with zero attached hydrogens (tertiary/aromatic N) is 3. The second-order valence-corrected chi connectivity index (χ2v) is 8.47. The first-order chi connectivity index (χ1) is 15.0. The van der Waals surface area contributed by atoms with E-state index in [1.54, 1.807) is 24.5 Å². The van der Waals surface area contributed by atoms with Gasteiger partial charge in [-0.1, -0.05) is 59.1 Å². The van der Waals surface area contributed by atoms with E-state index in [1.165, 1.54) is 5.56 Å². The van der Waals surface area contributed by atoms with Gasteiger partial charge in [0.2, 0.25) is 5.11 Å². The van der Waals surface area contributed by atoms with E-state index in [9.17, 15) is 0 Å². The Hall–Kier alpha value is -2.93. The molecule has 3 aromatic carbocycles. The minimum absolute atomic E-state index is 0.263. The van der Waals surface area contributed by atoms with Gasteiger partial charge < -0.3 is 15.2 Å². The van der Waals surface area contributed by atoms with Gasteiger partial charge in [0.15, 0.2) is 0 Å². The summed E-state index contributed by atoms with van der Waals surface area (Å²) >= 11 is 18.5. The van der Waals surface area contributed by atoms with Crippen LogP contribution in [-0.2, 0) is 0 Å². The van der Waals surface area contributed by atoms with Crippen LogP contribution in [0.2, 0.25) is 10.0 Å². The summed E-state index contributed by atoms with van der Waals surface area (Å²) in [7, 11) is 0. The fourth-order valence-electron chi connectivity index (χ4n) is 3.68. The quantitative estimate of drug-likeness (QED) is 0.337. The number of amidine groups is 1. The number of aromatic amines is 1. The summed E-state index contributed by atoms with van der Waals surface area (Å²) in [5.41, 5.74) is 5.56. The molecule has 0 amide bonds. The summed E-state index contributed by atoms with van der Waals surface area (Å²) in [5, 5.41) is 4.82. The molecule has 5 nitrogen and oxygen atoms in total. The number of imidazole rings is 1. The molecule has 0 saturated heterocycles. The zero-order valence-electron chi connectivity index (χ0n) is 16.4. The third-order valence-electron chi connectivity index (χ3n) is 5.23. The Bertz CT molecular complexity index is 1310. The van der Waals surface area contributed by atoms with E-state index in [2.05, 4.69) is 46.5 Å². The molecule has 31 heavy (non-hydrogen) atoms. The lowest BCUT2D eigenvalue weighted by Crippen LogP contribution is -2.33. The van der Waals surface area contributed by atoms with Crippen LogP contribution in [0.3, 0.4) is 0 Å². The Labute approximate surface area is 194 Å². The topological polar surface area (TPSA) is 56.3 Å². The molecule has 0 spiro atoms. The van der Waals surface area contributed by atoms with Crippen LogP contribution >= 0.6 is 35.4 Å². The maximum Gasteiger partial charge on any atom is 0.202 e. The van der Waals surface area contributed by atoms with Gasteiger partial charge in [-0.15, -0.1) is 0 Å². The summed E-state index contributed by atoms with van der Waals surface area (Å²) < 4.78 is 0. The van der Waals surface area contributed by atoms with Crippen LogP contribution in [0.5, 0.6) is 0 Å². The summed E-state index contributed by atoms with van der Waals surface area (Å²) in [5.74, 6) is 0.661. The lowest BCUT2D eigenvalue weighted by Gasteiger charge is -2.28. The third kappa shape index (κ3) is 3.67. The number of anilines is 2. The van der Waals surface area contributed by atoms with Crippen molar-refractivity contribution in [3.05, 3.63) is 88.2 Å². The standard InChI is InChI=1S/C23H17Cl2N5S/c1-13-5-7-14(8-6-13)21-22(28-20-16(24)3-2-4-17(20)25)29-23(31)30(21)15-9-10-18-19(11-15)27-12-26-18/h2-12,21H,1H3,(H,26,27)(H,28,29,31). The van der Waals surface area contributed by atoms with Crippen molar-refractivity contribution in [3.8, 4) is 0 Å². The predicted molar refractivity (Wildman–Crippen MR) is 133 cm³/mol. The Kier molecular flexibility index (Phi) is 5.14. The maximum absolute atomic E-state index is 6.41. The highest BCUT2D eigenvalue weighted by molar-refractivity contribution is 7.80. The molecule has 8 heteroatoms. The van der Waals surface area contributed by atoms with E-state index in [0.29, 0.717) is 26.7 Å². The largest absolute Gasteiger partial charge is 0.345 e. The number of fused-ring (bicyclic) bond motifs is 1. The Morgan fingerprint density at radius 1 is 1.03 bits per heavy atom. The highest BCUT2D eigenvalue weighted by Crippen LogP contribution is 2.37. The number of halogens is 2. The van der Waals surface area contributed by atoms with E-state index < -0.39 is 0 Å². The third-order valence-corrected chi connectivity index (χ3v) is 6.15. The van der Waals surface area contributed by atoms with Crippen molar-refractivity contribution in [2.45, 2.75) is 13.0 Å². The fourth-order valence-corrected chi connectivity index (χ4v) is 4.48. The number of benzene rings is 3. The molecule has 1 atom stereocenters. The molecule has 0 saturated carbocycles. The van der Waals surface area contributed by atoms with Crippen molar-refractivity contribution in [3.63, 3.8) is 0 Å². The first-order valence-electron chi connectivity index (χ1n) is 9.64. The first kappa shape index (κ1) is 20.0. The number of aryl methyl sites for hydroxylation is 1. The number of H-pyrrole nitrogens is 1. The number of aliphatic imine (C=N–C) groups is 1. The number of rotatable bonds is 3. The smallest absolute Gasteiger partial charge is 0.202 e. The second kappa shape index (κ2) is 7.96. The molecule has 1 unspecified atom stereocenters. The van der Waals surface area contributed by atoms with Gasteiger partial charge in [-0.3, -0.25) is 0 Å². The molecule has 0 bridgehead atoms. The van der Waals surface area contributed by atoms with E-state index in [-0.39, 0.29) is 6.04 Å². The van der Waals surface area contributed by atoms with Crippen molar-refractivity contribution in [1.82, 2.24) is 9.97 Å². The molecule has 4 aromatic rings. The van der Waals surface area contributed by atoms with E-state index in [0.717, 1.165) is 22.3 Å². The van der Waals surface area contributed by atoms with Gasteiger partial charge in [-0.05, 0) is 55.0 Å². The van der Waals surface area contributed by atoms with Crippen molar-refractivity contribution >= 4 is 68.8 Å². The normalized spacial score (nSPS) is 16.1. The molecule has 1 aliphatic heterocycles. The molecule has 2 heterocycles. The molecule has 1 aromatic heterocycles. The molecular weight excluding hydrogens is 449 g/mol. The summed E-state index contributed by atoms with van der Waals surface area (Å²) in [6, 6.07) is 19.4. The predicted octanol–water partition coefficient (Wildman–Crippen LogP) is 6.53. The van der Waals surface area contributed by atoms with Gasteiger partial charge in [0.1, 0.15) is 11.9 Å². The zero-order chi connectivity index (χ0) is 21.5. The Morgan fingerprint density at radius 2 is 1.77 bits per heavy atom. The highest BCUT2D eigenvalue weighted by atomic mass is 35.5. The SMILES string of the molecule is Cc1ccc(C2C(Nc3c(Cl)cccc3Cl)=NC(=S)N2c2ccc3nc[nH]c3c2)cc1. The average molecular weight is 466 g/mol. The number of para-hydroxylation sites is 1. The number of thiocarbonyl (C=S) groups is 1. The number of aromatic nitrogens is 2. The van der Waals surface area contributed by atoms with E-state index in [4.69, 9.17) is 40.4 Å². The summed E-state index contributed by atoms with van der Waals surface area (Å²) in [6.45, 7) is 2.06. The number of hydrogen-bond acceptors (Lipinski definition) is 3. The van der Waals surface area contributed by atoms with Crippen LogP contribution < -0.4 is 10.2 Å². The molecule has 1 aliphatic rings. The van der Waals surface area contributed by atoms with Crippen LogP contribution in [0.4, 0.5) is 11.4 Å². The monoisotopic (exact) mass is 465 g/mol. The summed E-state index contributed by atoms with van der Waals surface area (Å²) in [4.78, 5) is 14.2. The Balaban J connectivity index is 1.61. The van der Waals surface area contributed by atoms with Crippen LogP contribution in [0.15, 0.2) is 72.0 Å². The van der Waals surface area contributed by atoms with E-state index in [1.807, 2.05) is 23.1 Å². The zero-order valence-corrected chi connectivity index (χ0v) is 18.8. The highest BCUT2D eigenvalue weighted by Gasteiger charge is 2.35. The molecule has 0 fully saturated rings. The minimum Gasteiger partial charge on any atom is -0.345 e. The van der Waals surface area contributed by atoms with Gasteiger partial charge in [-0.2, -0.15) is 0 Å². The lowest BCUT2D eigenvalue weighted by atomic mass is 10.0. The van der Waals surface area contributed by atoms with Crippen LogP contribution in [0.25, 0.3) is 11.0 Å². The summed E-state index contributed by atoms with van der Waals surface area (Å²) in [6.07, 6.45) is 1.68. The van der Waals surface area contributed by atoms with Crippen molar-refractivity contribution in [2.75, 3.05) is 10.2 Å². The molecule has 154 valence electrons. The lowest BCUT2D eigenvalue weighted by molar-refractivity contribution is 0.947. The van der Waals surface area contributed by atoms with Crippen LogP contribution in [0.1, 0.15) is 17.2 Å². The minimum atomic E-state index is -0.263. The van der Waals surface area contributed by atoms with Gasteiger partial charge in [0, 0.05) is 5.69 Å². The number of nitrogens with one attached hydrogen (secondary N) is 2. The van der Waals surface area contributed by atoms with Gasteiger partial charge in [0.05, 0.1) is 33.1 Å². The molecule has 0 radical (unpaired) electrons. The van der Waals surface area contributed by atoms with Crippen LogP contribution in [-0.4, -0.2) is 20.9 Å². The van der Waals surface area contributed by atoms with Crippen LogP contribution in [0, 0.1) is 6.92 Å². The molecule has 5 rings (SSSR count). The fraction of sp³-hybridized carbons (Fsp3) is 0.0870. The molecular formula is C23H17Cl2N5S. The average Bonchev–Trinajstić information content (AvgIpc) is 3.35. The second-order valence-electron chi connectivity index (χ2n) is 7.29. The number of hydrogen-bond donors (Lipinski definition) is 2. The van der Waals surface area contributed by atoms with Crippen molar-refractivity contribution in [2.24, 2.45) is 4.99 Å². The molecule has 0 aliphatic carbocycles. The molecule has 2 N–H and O–H groups in total.